The summed E-state index contributed by atoms with van der Waals surface area (Å²) in [6, 6.07) is 0. The average molecular weight is 331 g/mol. The molecule has 5 nitrogen and oxygen atoms in total. The molecule has 0 aromatic heterocycles. The van der Waals surface area contributed by atoms with E-state index in [9.17, 15) is 14.7 Å². The lowest BCUT2D eigenvalue weighted by atomic mass is 9.77. The number of rotatable bonds is 6. The van der Waals surface area contributed by atoms with Crippen LogP contribution in [0.5, 0.6) is 0 Å². The first kappa shape index (κ1) is 17.0. The van der Waals surface area contributed by atoms with Gasteiger partial charge in [-0.05, 0) is 33.6 Å². The highest BCUT2D eigenvalue weighted by Gasteiger charge is 2.66. The molecule has 1 amide bonds. The third-order valence-electron chi connectivity index (χ3n) is 5.22. The number of nitrogens with zero attached hydrogens (tertiary/aromatic N) is 1. The summed E-state index contributed by atoms with van der Waals surface area (Å²) in [5, 5.41) is 9.44. The van der Waals surface area contributed by atoms with E-state index < -0.39 is 29.5 Å². The largest absolute Gasteiger partial charge is 0.481 e. The van der Waals surface area contributed by atoms with Gasteiger partial charge in [-0.15, -0.1) is 0 Å². The molecule has 0 radical (unpaired) electrons. The van der Waals surface area contributed by atoms with Crippen molar-refractivity contribution in [2.24, 2.45) is 11.8 Å². The summed E-state index contributed by atoms with van der Waals surface area (Å²) < 4.78 is 5.87. The van der Waals surface area contributed by atoms with Crippen molar-refractivity contribution >= 4 is 11.9 Å². The summed E-state index contributed by atoms with van der Waals surface area (Å²) in [7, 11) is 0. The van der Waals surface area contributed by atoms with Crippen molar-refractivity contribution in [3.63, 3.8) is 0 Å². The number of carbonyl (C=O) groups excluding carboxylic acids is 1. The highest BCUT2D eigenvalue weighted by molar-refractivity contribution is 5.90. The molecule has 0 aromatic carbocycles. The minimum absolute atomic E-state index is 0.0948. The van der Waals surface area contributed by atoms with Crippen LogP contribution in [0.2, 0.25) is 0 Å². The van der Waals surface area contributed by atoms with Crippen molar-refractivity contribution in [2.45, 2.75) is 45.3 Å². The maximum Gasteiger partial charge on any atom is 0.310 e. The fourth-order valence-electron chi connectivity index (χ4n) is 3.97. The molecule has 1 spiro atoms. The van der Waals surface area contributed by atoms with Crippen LogP contribution in [0.25, 0.3) is 0 Å². The lowest BCUT2D eigenvalue weighted by Gasteiger charge is -2.21. The predicted molar refractivity (Wildman–Crippen MR) is 90.4 cm³/mol. The number of aliphatic carboxylic acids is 1. The second-order valence-electron chi connectivity index (χ2n) is 7.33. The molecule has 3 heterocycles. The third kappa shape index (κ3) is 2.81. The zero-order valence-electron chi connectivity index (χ0n) is 14.5. The van der Waals surface area contributed by atoms with Gasteiger partial charge >= 0.3 is 5.97 Å². The molecule has 0 saturated carbocycles. The first-order chi connectivity index (χ1) is 11.3. The molecule has 0 aliphatic carbocycles. The summed E-state index contributed by atoms with van der Waals surface area (Å²) >= 11 is 0. The fraction of sp³-hybridized carbons (Fsp3) is 0.579. The number of ether oxygens (including phenoxy) is 1. The van der Waals surface area contributed by atoms with E-state index in [-0.39, 0.29) is 5.91 Å². The van der Waals surface area contributed by atoms with Crippen molar-refractivity contribution in [3.05, 3.63) is 35.5 Å². The van der Waals surface area contributed by atoms with E-state index in [0.29, 0.717) is 13.1 Å². The molecule has 5 heteroatoms. The van der Waals surface area contributed by atoms with E-state index in [4.69, 9.17) is 4.74 Å². The molecular formula is C19H25NO4. The number of fused-ring (bicyclic) bond motifs is 1. The third-order valence-corrected chi connectivity index (χ3v) is 5.22. The van der Waals surface area contributed by atoms with Crippen LogP contribution in [-0.4, -0.2) is 46.7 Å². The van der Waals surface area contributed by atoms with Gasteiger partial charge in [-0.25, -0.2) is 0 Å². The number of carboxylic acids is 1. The number of carbonyl (C=O) groups is 2. The minimum Gasteiger partial charge on any atom is -0.481 e. The summed E-state index contributed by atoms with van der Waals surface area (Å²) in [5.74, 6) is -2.37. The highest BCUT2D eigenvalue weighted by atomic mass is 16.5. The molecule has 3 aliphatic rings. The van der Waals surface area contributed by atoms with E-state index in [2.05, 4.69) is 32.9 Å². The zero-order valence-corrected chi connectivity index (χ0v) is 14.5. The first-order valence-corrected chi connectivity index (χ1v) is 8.52. The second-order valence-corrected chi connectivity index (χ2v) is 7.33. The Morgan fingerprint density at radius 2 is 2.17 bits per heavy atom. The first-order valence-electron chi connectivity index (χ1n) is 8.52. The molecule has 2 saturated heterocycles. The standard InChI is InChI=1S/C19H25NO4/c1-12(2)5-4-6-13(3)8-10-20-11-19-9-7-14(24-19)15(18(22)23)16(19)17(20)21/h5,7-9,14-16H,4,6,10-11H2,1-3H3,(H,22,23)/b13-8-/t14-,15-,16-,19-/m1/s1. The molecule has 4 atom stereocenters. The van der Waals surface area contributed by atoms with Gasteiger partial charge in [-0.3, -0.25) is 9.59 Å². The van der Waals surface area contributed by atoms with Gasteiger partial charge in [0.2, 0.25) is 5.91 Å². The van der Waals surface area contributed by atoms with Gasteiger partial charge in [0.1, 0.15) is 11.5 Å². The molecule has 0 aromatic rings. The van der Waals surface area contributed by atoms with Gasteiger partial charge in [-0.1, -0.05) is 35.5 Å². The van der Waals surface area contributed by atoms with Crippen LogP contribution in [-0.2, 0) is 14.3 Å². The average Bonchev–Trinajstić information content (AvgIpc) is 3.13. The Bertz CT molecular complexity index is 644. The molecule has 1 N–H and O–H groups in total. The van der Waals surface area contributed by atoms with Gasteiger partial charge in [0.05, 0.1) is 18.6 Å². The van der Waals surface area contributed by atoms with Gasteiger partial charge in [0.15, 0.2) is 0 Å². The van der Waals surface area contributed by atoms with E-state index in [0.717, 1.165) is 12.8 Å². The van der Waals surface area contributed by atoms with Crippen molar-refractivity contribution in [1.29, 1.82) is 0 Å². The molecule has 2 bridgehead atoms. The quantitative estimate of drug-likeness (QED) is 0.760. The summed E-state index contributed by atoms with van der Waals surface area (Å²) in [6.07, 6.45) is 9.48. The second kappa shape index (κ2) is 6.20. The molecule has 2 fully saturated rings. The highest BCUT2D eigenvalue weighted by Crippen LogP contribution is 2.51. The minimum atomic E-state index is -0.945. The van der Waals surface area contributed by atoms with Crippen LogP contribution in [0, 0.1) is 11.8 Å². The maximum absolute atomic E-state index is 12.7. The number of allylic oxidation sites excluding steroid dienone is 3. The van der Waals surface area contributed by atoms with Crippen molar-refractivity contribution in [1.82, 2.24) is 4.90 Å². The summed E-state index contributed by atoms with van der Waals surface area (Å²) in [6.45, 7) is 7.21. The number of carboxylic acid groups (broad SMARTS) is 1. The number of amides is 1. The van der Waals surface area contributed by atoms with E-state index in [1.165, 1.54) is 11.1 Å². The van der Waals surface area contributed by atoms with Crippen molar-refractivity contribution < 1.29 is 19.4 Å². The smallest absolute Gasteiger partial charge is 0.310 e. The molecule has 130 valence electrons. The van der Waals surface area contributed by atoms with Crippen LogP contribution in [0.3, 0.4) is 0 Å². The van der Waals surface area contributed by atoms with Gasteiger partial charge in [0, 0.05) is 6.54 Å². The van der Waals surface area contributed by atoms with Crippen molar-refractivity contribution in [3.8, 4) is 0 Å². The van der Waals surface area contributed by atoms with Gasteiger partial charge in [-0.2, -0.15) is 0 Å². The van der Waals surface area contributed by atoms with Crippen LogP contribution < -0.4 is 0 Å². The van der Waals surface area contributed by atoms with Crippen LogP contribution in [0.1, 0.15) is 33.6 Å². The Hall–Kier alpha value is -1.88. The lowest BCUT2D eigenvalue weighted by Crippen LogP contribution is -2.39. The van der Waals surface area contributed by atoms with E-state index in [1.54, 1.807) is 11.0 Å². The molecule has 3 rings (SSSR count). The summed E-state index contributed by atoms with van der Waals surface area (Å²) in [5.41, 5.74) is 1.82. The van der Waals surface area contributed by atoms with Crippen LogP contribution in [0.15, 0.2) is 35.5 Å². The summed E-state index contributed by atoms with van der Waals surface area (Å²) in [4.78, 5) is 26.0. The van der Waals surface area contributed by atoms with Crippen LogP contribution in [0.4, 0.5) is 0 Å². The Morgan fingerprint density at radius 1 is 1.42 bits per heavy atom. The number of hydrogen-bond acceptors (Lipinski definition) is 3. The zero-order chi connectivity index (χ0) is 17.5. The Morgan fingerprint density at radius 3 is 2.83 bits per heavy atom. The Labute approximate surface area is 142 Å². The molecular weight excluding hydrogens is 306 g/mol. The topological polar surface area (TPSA) is 66.8 Å². The Kier molecular flexibility index (Phi) is 4.38. The lowest BCUT2D eigenvalue weighted by molar-refractivity contribution is -0.147. The van der Waals surface area contributed by atoms with E-state index in [1.807, 2.05) is 6.08 Å². The van der Waals surface area contributed by atoms with E-state index >= 15 is 0 Å². The number of hydrogen-bond donors (Lipinski definition) is 1. The van der Waals surface area contributed by atoms with Crippen LogP contribution >= 0.6 is 0 Å². The van der Waals surface area contributed by atoms with Gasteiger partial charge in [0.25, 0.3) is 0 Å². The normalized spacial score (nSPS) is 34.0. The monoisotopic (exact) mass is 331 g/mol. The van der Waals surface area contributed by atoms with Gasteiger partial charge < -0.3 is 14.7 Å². The molecule has 24 heavy (non-hydrogen) atoms. The fourth-order valence-corrected chi connectivity index (χ4v) is 3.97. The van der Waals surface area contributed by atoms with Crippen molar-refractivity contribution in [2.75, 3.05) is 13.1 Å². The molecule has 0 unspecified atom stereocenters. The predicted octanol–water partition coefficient (Wildman–Crippen LogP) is 2.55. The molecule has 3 aliphatic heterocycles. The Balaban J connectivity index is 1.66. The SMILES string of the molecule is CC(C)=CCC/C(C)=C\CN1C[C@@]23C=C[C@@H](O2)[C@@H](C(=O)O)[C@@H]3C1=O. The number of likely N-dealkylation sites (tertiary alicyclic amines) is 1. The maximum atomic E-state index is 12.7.